The Hall–Kier alpha value is -1.87. The van der Waals surface area contributed by atoms with Crippen LogP contribution < -0.4 is 0 Å². The van der Waals surface area contributed by atoms with Gasteiger partial charge in [-0.1, -0.05) is 41.4 Å². The van der Waals surface area contributed by atoms with Crippen LogP contribution in [0.3, 0.4) is 0 Å². The van der Waals surface area contributed by atoms with Crippen molar-refractivity contribution >= 4 is 21.4 Å². The van der Waals surface area contributed by atoms with Crippen molar-refractivity contribution in [2.75, 3.05) is 6.61 Å². The molecule has 1 saturated carbocycles. The van der Waals surface area contributed by atoms with Crippen LogP contribution in [0.25, 0.3) is 0 Å². The average Bonchev–Trinajstić information content (AvgIpc) is 3.26. The van der Waals surface area contributed by atoms with Crippen molar-refractivity contribution in [1.29, 1.82) is 5.26 Å². The first-order chi connectivity index (χ1) is 11.4. The number of nitrogens with zero attached hydrogens (tertiary/aromatic N) is 1. The third-order valence-corrected chi connectivity index (χ3v) is 7.14. The lowest BCUT2D eigenvalue weighted by Gasteiger charge is -2.06. The normalized spacial score (nSPS) is 25.9. The van der Waals surface area contributed by atoms with Gasteiger partial charge in [0.2, 0.25) is 0 Å². The van der Waals surface area contributed by atoms with Gasteiger partial charge in [-0.05, 0) is 36.8 Å². The van der Waals surface area contributed by atoms with Gasteiger partial charge in [-0.15, -0.1) is 0 Å². The Morgan fingerprint density at radius 3 is 2.46 bits per heavy atom. The van der Waals surface area contributed by atoms with E-state index in [1.807, 2.05) is 13.0 Å². The van der Waals surface area contributed by atoms with Gasteiger partial charge in [0, 0.05) is 10.9 Å². The molecule has 2 aromatic carbocycles. The fourth-order valence-electron chi connectivity index (χ4n) is 3.26. The summed E-state index contributed by atoms with van der Waals surface area (Å²) < 4.78 is 26.0. The lowest BCUT2D eigenvalue weighted by Crippen LogP contribution is -2.18. The summed E-state index contributed by atoms with van der Waals surface area (Å²) in [6, 6.07) is 15.3. The maximum absolute atomic E-state index is 13.0. The fourth-order valence-corrected chi connectivity index (χ4v) is 5.78. The number of halogens is 1. The van der Waals surface area contributed by atoms with Gasteiger partial charge in [0.1, 0.15) is 5.41 Å². The Morgan fingerprint density at radius 1 is 1.25 bits per heavy atom. The zero-order valence-corrected chi connectivity index (χ0v) is 14.6. The second kappa shape index (κ2) is 5.89. The predicted molar refractivity (Wildman–Crippen MR) is 91.5 cm³/mol. The fraction of sp³-hybridized carbons (Fsp3) is 0.278. The van der Waals surface area contributed by atoms with E-state index in [1.54, 1.807) is 36.4 Å². The lowest BCUT2D eigenvalue weighted by atomic mass is 10.0. The molecule has 3 rings (SSSR count). The first-order valence-corrected chi connectivity index (χ1v) is 9.37. The Labute approximate surface area is 146 Å². The summed E-state index contributed by atoms with van der Waals surface area (Å²) in [5, 5.41) is 18.8. The molecule has 0 bridgehead atoms. The first kappa shape index (κ1) is 17.0. The summed E-state index contributed by atoms with van der Waals surface area (Å²) in [6.45, 7) is 1.35. The van der Waals surface area contributed by atoms with Crippen molar-refractivity contribution in [3.8, 4) is 6.07 Å². The molecule has 0 aromatic heterocycles. The minimum atomic E-state index is -3.75. The first-order valence-electron chi connectivity index (χ1n) is 7.45. The van der Waals surface area contributed by atoms with Gasteiger partial charge in [0.05, 0.1) is 22.8 Å². The zero-order chi connectivity index (χ0) is 17.5. The van der Waals surface area contributed by atoms with E-state index in [0.717, 1.165) is 5.56 Å². The van der Waals surface area contributed by atoms with Gasteiger partial charge < -0.3 is 5.11 Å². The summed E-state index contributed by atoms with van der Waals surface area (Å²) in [5.41, 5.74) is 0.262. The number of benzene rings is 2. The van der Waals surface area contributed by atoms with Crippen molar-refractivity contribution in [2.24, 2.45) is 5.41 Å². The van der Waals surface area contributed by atoms with Gasteiger partial charge in [-0.25, -0.2) is 8.42 Å². The molecule has 0 unspecified atom stereocenters. The van der Waals surface area contributed by atoms with Crippen molar-refractivity contribution in [2.45, 2.75) is 23.0 Å². The molecule has 1 aliphatic rings. The Morgan fingerprint density at radius 2 is 1.92 bits per heavy atom. The molecule has 1 aliphatic carbocycles. The smallest absolute Gasteiger partial charge is 0.183 e. The SMILES string of the molecule is Cc1ccc(S(=O)(=O)[C@@H]2[C@H](c3cccc(Cl)c3)[C@@]2(C#N)CO)cc1. The maximum atomic E-state index is 13.0. The predicted octanol–water partition coefficient (Wildman–Crippen LogP) is 3.09. The molecule has 3 atom stereocenters. The molecule has 0 spiro atoms. The number of aliphatic hydroxyl groups excluding tert-OH is 1. The quantitative estimate of drug-likeness (QED) is 0.907. The van der Waals surface area contributed by atoms with Crippen LogP contribution in [0.2, 0.25) is 5.02 Å². The molecule has 1 fully saturated rings. The Kier molecular flexibility index (Phi) is 4.16. The summed E-state index contributed by atoms with van der Waals surface area (Å²) in [5.74, 6) is -0.600. The van der Waals surface area contributed by atoms with Crippen molar-refractivity contribution in [1.82, 2.24) is 0 Å². The largest absolute Gasteiger partial charge is 0.395 e. The molecule has 0 heterocycles. The molecule has 1 N–H and O–H groups in total. The molecule has 4 nitrogen and oxygen atoms in total. The van der Waals surface area contributed by atoms with Gasteiger partial charge in [0.25, 0.3) is 0 Å². The van der Waals surface area contributed by atoms with Gasteiger partial charge in [-0.3, -0.25) is 0 Å². The number of hydrogen-bond acceptors (Lipinski definition) is 4. The number of aryl methyl sites for hydroxylation is 1. The van der Waals surface area contributed by atoms with E-state index in [4.69, 9.17) is 11.6 Å². The van der Waals surface area contributed by atoms with Crippen LogP contribution in [-0.2, 0) is 9.84 Å². The molecule has 124 valence electrons. The summed E-state index contributed by atoms with van der Waals surface area (Å²) in [7, 11) is -3.75. The average molecular weight is 362 g/mol. The van der Waals surface area contributed by atoms with Crippen molar-refractivity contribution in [3.05, 3.63) is 64.7 Å². The molecule has 2 aromatic rings. The number of rotatable bonds is 4. The topological polar surface area (TPSA) is 78.2 Å². The van der Waals surface area contributed by atoms with Gasteiger partial charge >= 0.3 is 0 Å². The number of hydrogen-bond donors (Lipinski definition) is 1. The highest BCUT2D eigenvalue weighted by atomic mass is 35.5. The molecular formula is C18H16ClNO3S. The lowest BCUT2D eigenvalue weighted by molar-refractivity contribution is 0.242. The van der Waals surface area contributed by atoms with Crippen LogP contribution in [-0.4, -0.2) is 25.4 Å². The molecule has 0 aliphatic heterocycles. The molecule has 0 amide bonds. The van der Waals surface area contributed by atoms with E-state index in [0.29, 0.717) is 10.6 Å². The van der Waals surface area contributed by atoms with E-state index < -0.39 is 33.0 Å². The van der Waals surface area contributed by atoms with Crippen LogP contribution in [0.15, 0.2) is 53.4 Å². The van der Waals surface area contributed by atoms with E-state index >= 15 is 0 Å². The molecular weight excluding hydrogens is 346 g/mol. The van der Waals surface area contributed by atoms with Crippen molar-refractivity contribution in [3.63, 3.8) is 0 Å². The minimum absolute atomic E-state index is 0.163. The van der Waals surface area contributed by atoms with E-state index in [-0.39, 0.29) is 4.90 Å². The van der Waals surface area contributed by atoms with Crippen molar-refractivity contribution < 1.29 is 13.5 Å². The standard InChI is InChI=1S/C18H16ClNO3S/c1-12-5-7-15(8-6-12)24(22,23)17-16(18(17,10-20)11-21)13-3-2-4-14(19)9-13/h2-9,16-17,21H,11H2,1H3/t16-,17+,18+/m0/s1. The minimum Gasteiger partial charge on any atom is -0.395 e. The Balaban J connectivity index is 2.08. The second-order valence-corrected chi connectivity index (χ2v) is 8.63. The van der Waals surface area contributed by atoms with Crippen LogP contribution in [0.5, 0.6) is 0 Å². The third-order valence-electron chi connectivity index (χ3n) is 4.62. The highest BCUT2D eigenvalue weighted by molar-refractivity contribution is 7.92. The van der Waals surface area contributed by atoms with Gasteiger partial charge in [0.15, 0.2) is 9.84 Å². The zero-order valence-electron chi connectivity index (χ0n) is 13.0. The summed E-state index contributed by atoms with van der Waals surface area (Å²) >= 11 is 6.00. The maximum Gasteiger partial charge on any atom is 0.183 e. The third kappa shape index (κ3) is 2.51. The van der Waals surface area contributed by atoms with E-state index in [2.05, 4.69) is 0 Å². The molecule has 6 heteroatoms. The Bertz CT molecular complexity index is 918. The highest BCUT2D eigenvalue weighted by Gasteiger charge is 2.72. The van der Waals surface area contributed by atoms with Gasteiger partial charge in [-0.2, -0.15) is 5.26 Å². The number of sulfone groups is 1. The molecule has 0 saturated heterocycles. The van der Waals surface area contributed by atoms with Crippen LogP contribution in [0.1, 0.15) is 17.0 Å². The number of nitriles is 1. The number of aliphatic hydroxyl groups is 1. The van der Waals surface area contributed by atoms with Crippen LogP contribution >= 0.6 is 11.6 Å². The van der Waals surface area contributed by atoms with E-state index in [1.165, 1.54) is 12.1 Å². The van der Waals surface area contributed by atoms with Crippen LogP contribution in [0.4, 0.5) is 0 Å². The monoisotopic (exact) mass is 361 g/mol. The van der Waals surface area contributed by atoms with Crippen LogP contribution in [0, 0.1) is 23.7 Å². The molecule has 0 radical (unpaired) electrons. The highest BCUT2D eigenvalue weighted by Crippen LogP contribution is 2.63. The second-order valence-electron chi connectivity index (χ2n) is 6.12. The summed E-state index contributed by atoms with van der Waals surface area (Å²) in [6.07, 6.45) is 0. The van der Waals surface area contributed by atoms with E-state index in [9.17, 15) is 18.8 Å². The molecule has 24 heavy (non-hydrogen) atoms. The summed E-state index contributed by atoms with van der Waals surface area (Å²) in [4.78, 5) is 0.163.